The number of hydrogen-bond donors (Lipinski definition) is 3. The van der Waals surface area contributed by atoms with Crippen molar-refractivity contribution in [3.05, 3.63) is 23.1 Å². The molecular formula is C6H11BN2O2. The molecule has 0 atom stereocenters. The first kappa shape index (κ1) is 9.90. The Labute approximate surface area is 66.9 Å². The first-order chi connectivity index (χ1) is 5.11. The molecule has 0 bridgehead atoms. The van der Waals surface area contributed by atoms with Gasteiger partial charge in [0, 0.05) is 5.57 Å². The van der Waals surface area contributed by atoms with Crippen LogP contribution in [0.2, 0.25) is 0 Å². The zero-order valence-corrected chi connectivity index (χ0v) is 6.37. The van der Waals surface area contributed by atoms with E-state index in [0.29, 0.717) is 5.57 Å². The molecule has 0 heterocycles. The van der Waals surface area contributed by atoms with Gasteiger partial charge in [-0.05, 0) is 11.7 Å². The average molecular weight is 154 g/mol. The zero-order valence-electron chi connectivity index (χ0n) is 6.37. The number of methoxy groups -OCH3 is 1. The van der Waals surface area contributed by atoms with Crippen LogP contribution in [0.4, 0.5) is 0 Å². The van der Waals surface area contributed by atoms with Gasteiger partial charge in [0.15, 0.2) is 5.88 Å². The second-order valence-electron chi connectivity index (χ2n) is 1.90. The highest BCUT2D eigenvalue weighted by Crippen LogP contribution is 2.01. The molecule has 0 rings (SSSR count). The molecule has 0 fully saturated rings. The van der Waals surface area contributed by atoms with Crippen LogP contribution in [-0.2, 0) is 4.74 Å². The molecular weight excluding hydrogens is 143 g/mol. The van der Waals surface area contributed by atoms with Crippen LogP contribution in [0.25, 0.3) is 0 Å². The number of rotatable bonds is 3. The fourth-order valence-corrected chi connectivity index (χ4v) is 0.527. The van der Waals surface area contributed by atoms with Crippen molar-refractivity contribution in [3.8, 4) is 0 Å². The summed E-state index contributed by atoms with van der Waals surface area (Å²) in [6.07, 6.45) is 1.35. The molecule has 0 unspecified atom stereocenters. The van der Waals surface area contributed by atoms with E-state index < -0.39 is 0 Å². The maximum atomic E-state index is 8.70. The summed E-state index contributed by atoms with van der Waals surface area (Å²) in [6.45, 7) is -0.252. The van der Waals surface area contributed by atoms with Crippen LogP contribution < -0.4 is 11.5 Å². The Hall–Kier alpha value is -1.10. The quantitative estimate of drug-likeness (QED) is 0.270. The molecule has 5 N–H and O–H groups in total. The average Bonchev–Trinajstić information content (AvgIpc) is 1.98. The van der Waals surface area contributed by atoms with Gasteiger partial charge in [-0.2, -0.15) is 0 Å². The Bertz CT molecular complexity index is 185. The van der Waals surface area contributed by atoms with Gasteiger partial charge in [-0.15, -0.1) is 0 Å². The molecule has 60 valence electrons. The third kappa shape index (κ3) is 3.57. The summed E-state index contributed by atoms with van der Waals surface area (Å²) in [6, 6.07) is 0. The van der Waals surface area contributed by atoms with Gasteiger partial charge in [-0.1, -0.05) is 0 Å². The summed E-state index contributed by atoms with van der Waals surface area (Å²) in [5.41, 5.74) is 10.9. The summed E-state index contributed by atoms with van der Waals surface area (Å²) < 4.78 is 4.65. The maximum absolute atomic E-state index is 8.70. The van der Waals surface area contributed by atoms with Crippen LogP contribution in [-0.4, -0.2) is 26.7 Å². The van der Waals surface area contributed by atoms with E-state index in [4.69, 9.17) is 24.4 Å². The Morgan fingerprint density at radius 2 is 2.18 bits per heavy atom. The second kappa shape index (κ2) is 4.68. The highest BCUT2D eigenvalue weighted by molar-refractivity contribution is 6.21. The molecule has 0 spiro atoms. The molecule has 0 saturated carbocycles. The standard InChI is InChI=1S/C6H11BN2O2/c1-11-6(9)4(3-10)2-5(7)8/h2,10H,3,8-9H2,1H3/b5-2-,6-4-. The van der Waals surface area contributed by atoms with E-state index in [2.05, 4.69) is 4.74 Å². The van der Waals surface area contributed by atoms with Gasteiger partial charge < -0.3 is 21.3 Å². The molecule has 11 heavy (non-hydrogen) atoms. The fraction of sp³-hybridized carbons (Fsp3) is 0.333. The molecule has 0 aromatic rings. The number of hydrogen-bond acceptors (Lipinski definition) is 4. The van der Waals surface area contributed by atoms with E-state index in [0.717, 1.165) is 0 Å². The van der Waals surface area contributed by atoms with Crippen molar-refractivity contribution < 1.29 is 9.84 Å². The van der Waals surface area contributed by atoms with E-state index in [-0.39, 0.29) is 18.1 Å². The van der Waals surface area contributed by atoms with Crippen LogP contribution in [0.15, 0.2) is 23.1 Å². The molecule has 0 aliphatic heterocycles. The van der Waals surface area contributed by atoms with Crippen LogP contribution in [0.3, 0.4) is 0 Å². The minimum atomic E-state index is -0.252. The first-order valence-electron chi connectivity index (χ1n) is 2.98. The topological polar surface area (TPSA) is 81.5 Å². The van der Waals surface area contributed by atoms with Crippen molar-refractivity contribution in [1.82, 2.24) is 0 Å². The molecule has 0 aromatic carbocycles. The normalized spacial score (nSPS) is 14.2. The highest BCUT2D eigenvalue weighted by Gasteiger charge is 1.97. The van der Waals surface area contributed by atoms with Crippen molar-refractivity contribution >= 4 is 7.85 Å². The Morgan fingerprint density at radius 3 is 2.45 bits per heavy atom. The molecule has 4 nitrogen and oxygen atoms in total. The highest BCUT2D eigenvalue weighted by atomic mass is 16.5. The lowest BCUT2D eigenvalue weighted by Crippen LogP contribution is -2.08. The van der Waals surface area contributed by atoms with Gasteiger partial charge in [-0.3, -0.25) is 0 Å². The second-order valence-corrected chi connectivity index (χ2v) is 1.90. The number of ether oxygens (including phenoxy) is 1. The Kier molecular flexibility index (Phi) is 4.21. The molecule has 0 aliphatic carbocycles. The van der Waals surface area contributed by atoms with Gasteiger partial charge >= 0.3 is 0 Å². The lowest BCUT2D eigenvalue weighted by molar-refractivity contribution is 0.268. The van der Waals surface area contributed by atoms with E-state index >= 15 is 0 Å². The van der Waals surface area contributed by atoms with Crippen LogP contribution in [0, 0.1) is 0 Å². The van der Waals surface area contributed by atoms with Gasteiger partial charge in [0.25, 0.3) is 0 Å². The Morgan fingerprint density at radius 1 is 1.64 bits per heavy atom. The van der Waals surface area contributed by atoms with Gasteiger partial charge in [0.05, 0.1) is 13.7 Å². The SMILES string of the molecule is [B]/C(N)=C/C(CO)=C(\N)OC. The van der Waals surface area contributed by atoms with Crippen LogP contribution in [0.1, 0.15) is 0 Å². The predicted octanol–water partition coefficient (Wildman–Crippen LogP) is -1.24. The maximum Gasteiger partial charge on any atom is 0.189 e. The van der Waals surface area contributed by atoms with Crippen molar-refractivity contribution in [2.75, 3.05) is 13.7 Å². The summed E-state index contributed by atoms with van der Waals surface area (Å²) in [5.74, 6) is 0.112. The third-order valence-electron chi connectivity index (χ3n) is 1.05. The zero-order chi connectivity index (χ0) is 8.85. The summed E-state index contributed by atoms with van der Waals surface area (Å²) in [4.78, 5) is 0. The largest absolute Gasteiger partial charge is 0.482 e. The number of nitrogens with two attached hydrogens (primary N) is 2. The lowest BCUT2D eigenvalue weighted by atomic mass is 10.0. The molecule has 0 saturated heterocycles. The Balaban J connectivity index is 4.52. The van der Waals surface area contributed by atoms with Gasteiger partial charge in [0.2, 0.25) is 0 Å². The molecule has 0 amide bonds. The summed E-state index contributed by atoms with van der Waals surface area (Å²) in [5, 5.41) is 8.70. The van der Waals surface area contributed by atoms with E-state index in [1.165, 1.54) is 13.2 Å². The molecule has 0 aliphatic rings. The van der Waals surface area contributed by atoms with Crippen molar-refractivity contribution in [2.45, 2.75) is 0 Å². The molecule has 0 aromatic heterocycles. The van der Waals surface area contributed by atoms with E-state index in [1.807, 2.05) is 0 Å². The van der Waals surface area contributed by atoms with Gasteiger partial charge in [0.1, 0.15) is 7.85 Å². The van der Waals surface area contributed by atoms with Crippen molar-refractivity contribution in [2.24, 2.45) is 11.5 Å². The first-order valence-corrected chi connectivity index (χ1v) is 2.98. The minimum absolute atomic E-state index is 0.0778. The summed E-state index contributed by atoms with van der Waals surface area (Å²) >= 11 is 0. The monoisotopic (exact) mass is 154 g/mol. The van der Waals surface area contributed by atoms with Crippen molar-refractivity contribution in [3.63, 3.8) is 0 Å². The predicted molar refractivity (Wildman–Crippen MR) is 43.3 cm³/mol. The van der Waals surface area contributed by atoms with E-state index in [1.54, 1.807) is 0 Å². The van der Waals surface area contributed by atoms with Gasteiger partial charge in [-0.25, -0.2) is 0 Å². The summed E-state index contributed by atoms with van der Waals surface area (Å²) in [7, 11) is 6.54. The number of aliphatic hydroxyl groups is 1. The van der Waals surface area contributed by atoms with Crippen LogP contribution in [0.5, 0.6) is 0 Å². The molecule has 5 heteroatoms. The molecule has 2 radical (unpaired) electrons. The number of aliphatic hydroxyl groups excluding tert-OH is 1. The van der Waals surface area contributed by atoms with Crippen molar-refractivity contribution in [1.29, 1.82) is 0 Å². The lowest BCUT2D eigenvalue weighted by Gasteiger charge is -2.03. The fourth-order valence-electron chi connectivity index (χ4n) is 0.527. The third-order valence-corrected chi connectivity index (χ3v) is 1.05. The minimum Gasteiger partial charge on any atom is -0.482 e. The van der Waals surface area contributed by atoms with E-state index in [9.17, 15) is 0 Å². The smallest absolute Gasteiger partial charge is 0.189 e. The van der Waals surface area contributed by atoms with Crippen LogP contribution >= 0.6 is 0 Å².